The Morgan fingerprint density at radius 1 is 1.03 bits per heavy atom. The number of rotatable bonds is 8. The molecule has 1 aliphatic rings. The zero-order valence-electron chi connectivity index (χ0n) is 15.8. The van der Waals surface area contributed by atoms with Gasteiger partial charge in [-0.15, -0.1) is 0 Å². The first kappa shape index (κ1) is 18.6. The van der Waals surface area contributed by atoms with E-state index in [1.54, 1.807) is 12.3 Å². The van der Waals surface area contributed by atoms with Crippen LogP contribution in [0.4, 0.5) is 11.5 Å². The van der Waals surface area contributed by atoms with Gasteiger partial charge in [-0.25, -0.2) is 4.98 Å². The van der Waals surface area contributed by atoms with Crippen molar-refractivity contribution in [2.45, 2.75) is 13.0 Å². The Balaban J connectivity index is 1.22. The molecule has 3 aromatic rings. The minimum atomic E-state index is -0.144. The summed E-state index contributed by atoms with van der Waals surface area (Å²) in [7, 11) is 0. The largest absolute Gasteiger partial charge is 0.493 e. The van der Waals surface area contributed by atoms with Crippen LogP contribution in [0, 0.1) is 0 Å². The fourth-order valence-electron chi connectivity index (χ4n) is 2.81. The van der Waals surface area contributed by atoms with Crippen LogP contribution >= 0.6 is 0 Å². The number of amides is 1. The third kappa shape index (κ3) is 5.16. The lowest BCUT2D eigenvalue weighted by molar-refractivity contribution is -0.116. The van der Waals surface area contributed by atoms with Gasteiger partial charge in [0.25, 0.3) is 0 Å². The number of nitrogens with zero attached hydrogens (tertiary/aromatic N) is 1. The summed E-state index contributed by atoms with van der Waals surface area (Å²) < 4.78 is 16.2. The number of carbonyl (C=O) groups excluding carboxylic acids is 1. The van der Waals surface area contributed by atoms with E-state index in [1.807, 2.05) is 54.6 Å². The molecule has 1 aliphatic heterocycles. The molecule has 0 saturated heterocycles. The van der Waals surface area contributed by atoms with E-state index in [9.17, 15) is 4.79 Å². The Morgan fingerprint density at radius 3 is 2.72 bits per heavy atom. The summed E-state index contributed by atoms with van der Waals surface area (Å²) in [5, 5.41) is 6.06. The second-order valence-electron chi connectivity index (χ2n) is 6.43. The van der Waals surface area contributed by atoms with E-state index in [2.05, 4.69) is 15.6 Å². The number of aromatic nitrogens is 1. The molecule has 2 heterocycles. The maximum absolute atomic E-state index is 12.0. The van der Waals surface area contributed by atoms with Crippen LogP contribution in [-0.4, -0.2) is 24.3 Å². The molecule has 0 unspecified atom stereocenters. The molecular formula is C22H21N3O4. The Kier molecular flexibility index (Phi) is 5.76. The number of fused-ring (bicyclic) bond motifs is 1. The maximum atomic E-state index is 12.0. The summed E-state index contributed by atoms with van der Waals surface area (Å²) in [5.74, 6) is 2.63. The van der Waals surface area contributed by atoms with E-state index in [4.69, 9.17) is 14.2 Å². The van der Waals surface area contributed by atoms with Gasteiger partial charge < -0.3 is 24.8 Å². The highest BCUT2D eigenvalue weighted by atomic mass is 16.7. The molecular weight excluding hydrogens is 370 g/mol. The summed E-state index contributed by atoms with van der Waals surface area (Å²) in [6.07, 6.45) is 1.93. The van der Waals surface area contributed by atoms with Crippen LogP contribution in [0.2, 0.25) is 0 Å². The van der Waals surface area contributed by atoms with E-state index in [0.29, 0.717) is 19.0 Å². The van der Waals surface area contributed by atoms with Gasteiger partial charge in [0.05, 0.1) is 24.9 Å². The number of para-hydroxylation sites is 1. The Labute approximate surface area is 168 Å². The van der Waals surface area contributed by atoms with E-state index in [0.717, 1.165) is 28.5 Å². The number of pyridine rings is 1. The zero-order valence-corrected chi connectivity index (χ0v) is 15.8. The lowest BCUT2D eigenvalue weighted by Crippen LogP contribution is -2.16. The van der Waals surface area contributed by atoms with Crippen LogP contribution in [0.15, 0.2) is 66.9 Å². The molecule has 7 heteroatoms. The summed E-state index contributed by atoms with van der Waals surface area (Å²) in [4.78, 5) is 16.3. The molecule has 1 amide bonds. The van der Waals surface area contributed by atoms with Crippen molar-refractivity contribution >= 4 is 17.4 Å². The van der Waals surface area contributed by atoms with E-state index >= 15 is 0 Å². The van der Waals surface area contributed by atoms with Gasteiger partial charge in [-0.05, 0) is 42.0 Å². The average Bonchev–Trinajstić information content (AvgIpc) is 3.22. The molecule has 0 fully saturated rings. The molecule has 0 atom stereocenters. The number of carbonyl (C=O) groups is 1. The van der Waals surface area contributed by atoms with Crippen LogP contribution in [0.3, 0.4) is 0 Å². The van der Waals surface area contributed by atoms with Gasteiger partial charge in [0.2, 0.25) is 12.7 Å². The topological polar surface area (TPSA) is 81.7 Å². The van der Waals surface area contributed by atoms with Gasteiger partial charge in [-0.1, -0.05) is 24.3 Å². The highest BCUT2D eigenvalue weighted by molar-refractivity contribution is 5.89. The summed E-state index contributed by atoms with van der Waals surface area (Å²) in [6, 6.07) is 18.9. The standard InChI is InChI=1S/C22H21N3O4/c26-22(10-11-27-18-4-2-1-3-5-18)25-21-9-7-17(14-24-21)23-13-16-6-8-19-20(12-16)29-15-28-19/h1-9,12,14,23H,10-11,13,15H2,(H,24,25,26). The summed E-state index contributed by atoms with van der Waals surface area (Å²) >= 11 is 0. The third-order valence-corrected chi connectivity index (χ3v) is 4.31. The molecule has 2 N–H and O–H groups in total. The number of benzene rings is 2. The monoisotopic (exact) mass is 391 g/mol. The van der Waals surface area contributed by atoms with Gasteiger partial charge in [-0.2, -0.15) is 0 Å². The van der Waals surface area contributed by atoms with Crippen molar-refractivity contribution in [1.82, 2.24) is 4.98 Å². The summed E-state index contributed by atoms with van der Waals surface area (Å²) in [6.45, 7) is 1.20. The van der Waals surface area contributed by atoms with Crippen molar-refractivity contribution < 1.29 is 19.0 Å². The van der Waals surface area contributed by atoms with E-state index < -0.39 is 0 Å². The molecule has 0 bridgehead atoms. The van der Waals surface area contributed by atoms with Crippen molar-refractivity contribution in [3.63, 3.8) is 0 Å². The molecule has 0 aliphatic carbocycles. The van der Waals surface area contributed by atoms with Crippen LogP contribution in [0.1, 0.15) is 12.0 Å². The summed E-state index contributed by atoms with van der Waals surface area (Å²) in [5.41, 5.74) is 1.93. The zero-order chi connectivity index (χ0) is 19.9. The van der Waals surface area contributed by atoms with Crippen molar-refractivity contribution in [2.75, 3.05) is 24.0 Å². The SMILES string of the molecule is O=C(CCOc1ccccc1)Nc1ccc(NCc2ccc3c(c2)OCO3)cn1. The number of ether oxygens (including phenoxy) is 3. The molecule has 0 spiro atoms. The lowest BCUT2D eigenvalue weighted by atomic mass is 10.2. The number of hydrogen-bond donors (Lipinski definition) is 2. The first-order valence-electron chi connectivity index (χ1n) is 9.32. The molecule has 2 aromatic carbocycles. The number of hydrogen-bond acceptors (Lipinski definition) is 6. The van der Waals surface area contributed by atoms with Gasteiger partial charge in [0, 0.05) is 6.54 Å². The highest BCUT2D eigenvalue weighted by Gasteiger charge is 2.13. The van der Waals surface area contributed by atoms with E-state index in [-0.39, 0.29) is 19.1 Å². The smallest absolute Gasteiger partial charge is 0.231 e. The molecule has 148 valence electrons. The maximum Gasteiger partial charge on any atom is 0.231 e. The fraction of sp³-hybridized carbons (Fsp3) is 0.182. The van der Waals surface area contributed by atoms with Crippen molar-refractivity contribution in [3.8, 4) is 17.2 Å². The molecule has 0 saturated carbocycles. The predicted molar refractivity (Wildman–Crippen MR) is 109 cm³/mol. The third-order valence-electron chi connectivity index (χ3n) is 4.31. The normalized spacial score (nSPS) is 11.7. The second-order valence-corrected chi connectivity index (χ2v) is 6.43. The average molecular weight is 391 g/mol. The van der Waals surface area contributed by atoms with Crippen molar-refractivity contribution in [2.24, 2.45) is 0 Å². The van der Waals surface area contributed by atoms with Crippen LogP contribution < -0.4 is 24.8 Å². The van der Waals surface area contributed by atoms with E-state index in [1.165, 1.54) is 0 Å². The Hall–Kier alpha value is -3.74. The van der Waals surface area contributed by atoms with Crippen molar-refractivity contribution in [3.05, 3.63) is 72.4 Å². The Bertz CT molecular complexity index is 962. The van der Waals surface area contributed by atoms with Crippen LogP contribution in [0.25, 0.3) is 0 Å². The number of nitrogens with one attached hydrogen (secondary N) is 2. The second kappa shape index (κ2) is 8.97. The minimum absolute atomic E-state index is 0.144. The Morgan fingerprint density at radius 2 is 1.90 bits per heavy atom. The van der Waals surface area contributed by atoms with Crippen LogP contribution in [-0.2, 0) is 11.3 Å². The van der Waals surface area contributed by atoms with Gasteiger partial charge in [0.1, 0.15) is 11.6 Å². The minimum Gasteiger partial charge on any atom is -0.493 e. The first-order valence-corrected chi connectivity index (χ1v) is 9.32. The molecule has 7 nitrogen and oxygen atoms in total. The lowest BCUT2D eigenvalue weighted by Gasteiger charge is -2.09. The predicted octanol–water partition coefficient (Wildman–Crippen LogP) is 3.83. The van der Waals surface area contributed by atoms with Gasteiger partial charge in [0.15, 0.2) is 11.5 Å². The molecule has 29 heavy (non-hydrogen) atoms. The molecule has 0 radical (unpaired) electrons. The quantitative estimate of drug-likeness (QED) is 0.607. The highest BCUT2D eigenvalue weighted by Crippen LogP contribution is 2.32. The van der Waals surface area contributed by atoms with Gasteiger partial charge in [-0.3, -0.25) is 4.79 Å². The van der Waals surface area contributed by atoms with Gasteiger partial charge >= 0.3 is 0 Å². The number of anilines is 2. The fourth-order valence-corrected chi connectivity index (χ4v) is 2.81. The van der Waals surface area contributed by atoms with Crippen LogP contribution in [0.5, 0.6) is 17.2 Å². The van der Waals surface area contributed by atoms with Crippen molar-refractivity contribution in [1.29, 1.82) is 0 Å². The first-order chi connectivity index (χ1) is 14.3. The molecule has 1 aromatic heterocycles. The molecule has 4 rings (SSSR count).